The minimum atomic E-state index is -1.37. The summed E-state index contributed by atoms with van der Waals surface area (Å²) in [4.78, 5) is 36.7. The van der Waals surface area contributed by atoms with E-state index in [1.807, 2.05) is 0 Å². The molecule has 0 unspecified atom stereocenters. The van der Waals surface area contributed by atoms with Gasteiger partial charge in [-0.15, -0.1) is 0 Å². The third-order valence-electron chi connectivity index (χ3n) is 4.84. The van der Waals surface area contributed by atoms with Crippen molar-refractivity contribution in [3.8, 4) is 0 Å². The number of aliphatic hydroxyl groups excluding tert-OH is 2. The van der Waals surface area contributed by atoms with Gasteiger partial charge in [-0.2, -0.15) is 12.6 Å². The molecular weight excluding hydrogens is 404 g/mol. The fourth-order valence-corrected chi connectivity index (χ4v) is 3.61. The van der Waals surface area contributed by atoms with Crippen LogP contribution >= 0.6 is 12.6 Å². The van der Waals surface area contributed by atoms with Crippen LogP contribution < -0.4 is 5.73 Å². The first kappa shape index (κ1) is 21.2. The van der Waals surface area contributed by atoms with Gasteiger partial charge in [0, 0.05) is 6.92 Å². The number of nitrogens with zero attached hydrogens (tertiary/aromatic N) is 5. The van der Waals surface area contributed by atoms with Crippen molar-refractivity contribution >= 4 is 41.5 Å². The van der Waals surface area contributed by atoms with Crippen LogP contribution in [0.1, 0.15) is 19.6 Å². The van der Waals surface area contributed by atoms with Gasteiger partial charge in [0.15, 0.2) is 17.7 Å². The number of anilines is 1. The number of amides is 1. The van der Waals surface area contributed by atoms with Crippen molar-refractivity contribution in [2.75, 3.05) is 18.0 Å². The molecule has 1 fully saturated rings. The average Bonchev–Trinajstić information content (AvgIpc) is 3.21. The number of carboxylic acid groups (broad SMARTS) is 1. The Morgan fingerprint density at radius 1 is 1.34 bits per heavy atom. The third-order valence-corrected chi connectivity index (χ3v) is 5.10. The molecule has 12 nitrogen and oxygen atoms in total. The lowest BCUT2D eigenvalue weighted by molar-refractivity contribution is -0.152. The topological polar surface area (TPSA) is 177 Å². The highest BCUT2D eigenvalue weighted by Gasteiger charge is 2.46. The number of aliphatic hydroxyl groups is 2. The molecule has 0 aromatic carbocycles. The summed E-state index contributed by atoms with van der Waals surface area (Å²) >= 11 is 4.04. The highest BCUT2D eigenvalue weighted by Crippen LogP contribution is 2.32. The fraction of sp³-hybridized carbons (Fsp3) is 0.562. The number of rotatable bonds is 7. The fourth-order valence-electron chi connectivity index (χ4n) is 3.37. The van der Waals surface area contributed by atoms with E-state index in [0.29, 0.717) is 11.2 Å². The van der Waals surface area contributed by atoms with E-state index in [0.717, 1.165) is 4.90 Å². The van der Waals surface area contributed by atoms with Gasteiger partial charge in [-0.05, 0) is 12.2 Å². The SMILES string of the molecule is CC(=O)N(C[C@H]1O[C@@H](n2cnc3c(N)ncnc32)[C@H](O)[C@@H]1O)[C@@H](CCS)C(=O)O. The number of thiol groups is 1. The van der Waals surface area contributed by atoms with Crippen LogP contribution in [0.2, 0.25) is 0 Å². The first-order chi connectivity index (χ1) is 13.8. The van der Waals surface area contributed by atoms with E-state index in [1.54, 1.807) is 0 Å². The van der Waals surface area contributed by atoms with Gasteiger partial charge in [0.1, 0.15) is 36.2 Å². The van der Waals surface area contributed by atoms with E-state index in [1.165, 1.54) is 24.1 Å². The lowest BCUT2D eigenvalue weighted by Crippen LogP contribution is -2.50. The smallest absolute Gasteiger partial charge is 0.326 e. The van der Waals surface area contributed by atoms with Gasteiger partial charge in [0.05, 0.1) is 12.9 Å². The molecule has 5 atom stereocenters. The van der Waals surface area contributed by atoms with Crippen molar-refractivity contribution < 1.29 is 29.6 Å². The molecule has 1 saturated heterocycles. The van der Waals surface area contributed by atoms with Crippen molar-refractivity contribution in [1.29, 1.82) is 0 Å². The Morgan fingerprint density at radius 2 is 2.07 bits per heavy atom. The molecule has 29 heavy (non-hydrogen) atoms. The molecule has 13 heteroatoms. The van der Waals surface area contributed by atoms with E-state index >= 15 is 0 Å². The highest BCUT2D eigenvalue weighted by molar-refractivity contribution is 7.80. The van der Waals surface area contributed by atoms with Crippen molar-refractivity contribution in [2.24, 2.45) is 0 Å². The number of nitrogens with two attached hydrogens (primary N) is 1. The standard InChI is InChI=1S/C16H22N6O6S/c1-7(23)21(8(2-3-29)16(26)27)4-9-11(24)12(25)15(28-9)22-6-20-10-13(17)18-5-19-14(10)22/h5-6,8-9,11-12,15,24-25,29H,2-4H2,1H3,(H,26,27)(H2,17,18,19)/t8-,9+,11+,12+,15+/m0/s1. The Kier molecular flexibility index (Phi) is 6.21. The molecule has 1 amide bonds. The number of fused-ring (bicyclic) bond motifs is 1. The van der Waals surface area contributed by atoms with Gasteiger partial charge in [0.2, 0.25) is 5.91 Å². The Balaban J connectivity index is 1.85. The Morgan fingerprint density at radius 3 is 2.69 bits per heavy atom. The minimum Gasteiger partial charge on any atom is -0.480 e. The molecule has 0 spiro atoms. The van der Waals surface area contributed by atoms with E-state index < -0.39 is 42.5 Å². The maximum Gasteiger partial charge on any atom is 0.326 e. The van der Waals surface area contributed by atoms with Crippen molar-refractivity contribution in [3.63, 3.8) is 0 Å². The number of carboxylic acids is 1. The largest absolute Gasteiger partial charge is 0.480 e. The van der Waals surface area contributed by atoms with Gasteiger partial charge in [-0.3, -0.25) is 9.36 Å². The monoisotopic (exact) mass is 426 g/mol. The number of aromatic nitrogens is 4. The van der Waals surface area contributed by atoms with Gasteiger partial charge in [0.25, 0.3) is 0 Å². The molecule has 2 aromatic heterocycles. The third kappa shape index (κ3) is 3.99. The van der Waals surface area contributed by atoms with Crippen LogP contribution in [0.3, 0.4) is 0 Å². The molecular formula is C16H22N6O6S. The van der Waals surface area contributed by atoms with Crippen LogP contribution in [0.25, 0.3) is 11.2 Å². The van der Waals surface area contributed by atoms with Gasteiger partial charge in [-0.1, -0.05) is 0 Å². The lowest BCUT2D eigenvalue weighted by atomic mass is 10.1. The molecule has 1 aliphatic rings. The van der Waals surface area contributed by atoms with Crippen LogP contribution in [0, 0.1) is 0 Å². The number of ether oxygens (including phenoxy) is 1. The maximum absolute atomic E-state index is 12.1. The Labute approximate surface area is 170 Å². The summed E-state index contributed by atoms with van der Waals surface area (Å²) in [7, 11) is 0. The van der Waals surface area contributed by atoms with Crippen molar-refractivity contribution in [2.45, 2.75) is 43.9 Å². The quantitative estimate of drug-likeness (QED) is 0.333. The zero-order valence-corrected chi connectivity index (χ0v) is 16.4. The van der Waals surface area contributed by atoms with Crippen molar-refractivity contribution in [3.05, 3.63) is 12.7 Å². The number of aliphatic carboxylic acids is 1. The van der Waals surface area contributed by atoms with E-state index in [-0.39, 0.29) is 24.5 Å². The normalized spacial score (nSPS) is 25.2. The molecule has 3 heterocycles. The second-order valence-corrected chi connectivity index (χ2v) is 7.11. The van der Waals surface area contributed by atoms with E-state index in [9.17, 15) is 24.9 Å². The van der Waals surface area contributed by atoms with E-state index in [2.05, 4.69) is 27.6 Å². The van der Waals surface area contributed by atoms with Gasteiger partial charge < -0.3 is 30.7 Å². The van der Waals surface area contributed by atoms with Gasteiger partial charge in [-0.25, -0.2) is 19.7 Å². The Hall–Kier alpha value is -2.48. The Bertz CT molecular complexity index is 909. The number of hydrogen-bond acceptors (Lipinski definition) is 10. The summed E-state index contributed by atoms with van der Waals surface area (Å²) in [6.07, 6.45) is -2.12. The molecule has 0 saturated carbocycles. The summed E-state index contributed by atoms with van der Waals surface area (Å²) < 4.78 is 7.19. The maximum atomic E-state index is 12.1. The lowest BCUT2D eigenvalue weighted by Gasteiger charge is -2.30. The molecule has 0 radical (unpaired) electrons. The predicted octanol–water partition coefficient (Wildman–Crippen LogP) is -1.35. The van der Waals surface area contributed by atoms with Crippen LogP contribution in [-0.2, 0) is 14.3 Å². The summed E-state index contributed by atoms with van der Waals surface area (Å²) in [5.74, 6) is -1.28. The predicted molar refractivity (Wildman–Crippen MR) is 103 cm³/mol. The minimum absolute atomic E-state index is 0.120. The van der Waals surface area contributed by atoms with E-state index in [4.69, 9.17) is 10.5 Å². The summed E-state index contributed by atoms with van der Waals surface area (Å²) in [5, 5.41) is 30.4. The molecule has 1 aliphatic heterocycles. The highest BCUT2D eigenvalue weighted by atomic mass is 32.1. The number of carbonyl (C=O) groups is 2. The molecule has 0 aliphatic carbocycles. The molecule has 158 valence electrons. The number of hydrogen-bond donors (Lipinski definition) is 5. The second-order valence-electron chi connectivity index (χ2n) is 6.67. The first-order valence-electron chi connectivity index (χ1n) is 8.81. The summed E-state index contributed by atoms with van der Waals surface area (Å²) in [6.45, 7) is 1.01. The van der Waals surface area contributed by atoms with Crippen molar-refractivity contribution in [1.82, 2.24) is 24.4 Å². The molecule has 3 rings (SSSR count). The number of imidazole rings is 1. The molecule has 2 aromatic rings. The van der Waals surface area contributed by atoms with Crippen LogP contribution in [0.4, 0.5) is 5.82 Å². The summed E-state index contributed by atoms with van der Waals surface area (Å²) in [5.41, 5.74) is 6.37. The second kappa shape index (κ2) is 8.49. The summed E-state index contributed by atoms with van der Waals surface area (Å²) in [6, 6.07) is -1.13. The number of carbonyl (C=O) groups excluding carboxylic acids is 1. The van der Waals surface area contributed by atoms with Gasteiger partial charge >= 0.3 is 5.97 Å². The molecule has 0 bridgehead atoms. The van der Waals surface area contributed by atoms with Crippen LogP contribution in [-0.4, -0.2) is 88.3 Å². The zero-order chi connectivity index (χ0) is 21.3. The van der Waals surface area contributed by atoms with Crippen LogP contribution in [0.15, 0.2) is 12.7 Å². The first-order valence-corrected chi connectivity index (χ1v) is 9.45. The molecule has 5 N–H and O–H groups in total. The zero-order valence-electron chi connectivity index (χ0n) is 15.5. The van der Waals surface area contributed by atoms with Crippen LogP contribution in [0.5, 0.6) is 0 Å². The average molecular weight is 426 g/mol. The number of nitrogen functional groups attached to an aromatic ring is 1.